The lowest BCUT2D eigenvalue weighted by atomic mass is 10.1. The summed E-state index contributed by atoms with van der Waals surface area (Å²) in [4.78, 5) is 0. The highest BCUT2D eigenvalue weighted by Gasteiger charge is 2.11. The molecule has 4 heteroatoms. The third-order valence-corrected chi connectivity index (χ3v) is 4.88. The Kier molecular flexibility index (Phi) is 8.46. The summed E-state index contributed by atoms with van der Waals surface area (Å²) in [6, 6.07) is 12.5. The second-order valence-electron chi connectivity index (χ2n) is 6.96. The molecule has 1 N–H and O–H groups in total. The first kappa shape index (κ1) is 20.8. The van der Waals surface area contributed by atoms with Gasteiger partial charge >= 0.3 is 0 Å². The first-order valence-electron chi connectivity index (χ1n) is 9.33. The summed E-state index contributed by atoms with van der Waals surface area (Å²) < 4.78 is 12.9. The van der Waals surface area contributed by atoms with Gasteiger partial charge in [0, 0.05) is 11.0 Å². The van der Waals surface area contributed by atoms with Crippen LogP contribution in [0.25, 0.3) is 0 Å². The maximum atomic E-state index is 6.03. The first-order valence-corrected chi connectivity index (χ1v) is 10.1. The van der Waals surface area contributed by atoms with E-state index in [0.29, 0.717) is 19.1 Å². The van der Waals surface area contributed by atoms with Gasteiger partial charge in [-0.25, -0.2) is 0 Å². The minimum Gasteiger partial charge on any atom is -0.490 e. The molecular weight excluding hydrogens is 390 g/mol. The third kappa shape index (κ3) is 6.65. The van der Waals surface area contributed by atoms with Gasteiger partial charge in [0.05, 0.1) is 6.61 Å². The predicted molar refractivity (Wildman–Crippen MR) is 112 cm³/mol. The second-order valence-corrected chi connectivity index (χ2v) is 7.81. The van der Waals surface area contributed by atoms with E-state index in [4.69, 9.17) is 9.47 Å². The number of benzene rings is 2. The molecule has 2 aromatic carbocycles. The van der Waals surface area contributed by atoms with Crippen molar-refractivity contribution in [1.82, 2.24) is 5.32 Å². The van der Waals surface area contributed by atoms with E-state index in [0.717, 1.165) is 34.6 Å². The van der Waals surface area contributed by atoms with E-state index in [-0.39, 0.29) is 0 Å². The van der Waals surface area contributed by atoms with Crippen LogP contribution in [0, 0.1) is 12.8 Å². The summed E-state index contributed by atoms with van der Waals surface area (Å²) in [6.45, 7) is 11.5. The van der Waals surface area contributed by atoms with Crippen molar-refractivity contribution in [2.24, 2.45) is 5.92 Å². The average Bonchev–Trinajstić information content (AvgIpc) is 2.61. The maximum Gasteiger partial charge on any atom is 0.162 e. The summed E-state index contributed by atoms with van der Waals surface area (Å²) in [6.07, 6.45) is 1.17. The Morgan fingerprint density at radius 1 is 1.04 bits per heavy atom. The molecule has 0 aliphatic rings. The molecule has 2 aromatic rings. The van der Waals surface area contributed by atoms with Gasteiger partial charge in [0.25, 0.3) is 0 Å². The minimum absolute atomic E-state index is 0.527. The van der Waals surface area contributed by atoms with E-state index in [9.17, 15) is 0 Å². The molecule has 0 atom stereocenters. The lowest BCUT2D eigenvalue weighted by Gasteiger charge is -2.16. The van der Waals surface area contributed by atoms with Crippen LogP contribution in [0.4, 0.5) is 0 Å². The van der Waals surface area contributed by atoms with E-state index >= 15 is 0 Å². The zero-order valence-electron chi connectivity index (χ0n) is 16.3. The van der Waals surface area contributed by atoms with Gasteiger partial charge in [-0.2, -0.15) is 0 Å². The van der Waals surface area contributed by atoms with Crippen LogP contribution < -0.4 is 14.8 Å². The Morgan fingerprint density at radius 2 is 1.73 bits per heavy atom. The maximum absolute atomic E-state index is 6.03. The van der Waals surface area contributed by atoms with E-state index in [1.807, 2.05) is 13.0 Å². The van der Waals surface area contributed by atoms with Crippen LogP contribution in [-0.2, 0) is 13.2 Å². The van der Waals surface area contributed by atoms with E-state index in [1.165, 1.54) is 17.5 Å². The molecular formula is C22H30BrNO2. The molecule has 0 saturated carbocycles. The molecule has 26 heavy (non-hydrogen) atoms. The molecule has 0 heterocycles. The molecule has 0 aromatic heterocycles. The zero-order chi connectivity index (χ0) is 18.9. The van der Waals surface area contributed by atoms with Crippen LogP contribution in [0.1, 0.15) is 43.9 Å². The summed E-state index contributed by atoms with van der Waals surface area (Å²) >= 11 is 3.67. The van der Waals surface area contributed by atoms with Gasteiger partial charge in [0.2, 0.25) is 0 Å². The summed E-state index contributed by atoms with van der Waals surface area (Å²) in [5, 5.41) is 3.50. The quantitative estimate of drug-likeness (QED) is 0.488. The van der Waals surface area contributed by atoms with Crippen LogP contribution in [0.3, 0.4) is 0 Å². The highest BCUT2D eigenvalue weighted by atomic mass is 79.9. The van der Waals surface area contributed by atoms with Crippen LogP contribution in [0.5, 0.6) is 11.5 Å². The molecule has 0 amide bonds. The highest BCUT2D eigenvalue weighted by molar-refractivity contribution is 9.10. The molecule has 0 aliphatic carbocycles. The van der Waals surface area contributed by atoms with Gasteiger partial charge in [-0.05, 0) is 56.0 Å². The Hall–Kier alpha value is -1.52. The number of hydrogen-bond donors (Lipinski definition) is 1. The second kappa shape index (κ2) is 10.6. The largest absolute Gasteiger partial charge is 0.490 e. The van der Waals surface area contributed by atoms with Gasteiger partial charge < -0.3 is 14.8 Å². The smallest absolute Gasteiger partial charge is 0.162 e. The molecule has 0 spiro atoms. The zero-order valence-corrected chi connectivity index (χ0v) is 17.9. The fraction of sp³-hybridized carbons (Fsp3) is 0.455. The Morgan fingerprint density at radius 3 is 2.38 bits per heavy atom. The molecule has 0 fully saturated rings. The van der Waals surface area contributed by atoms with Crippen molar-refractivity contribution in [2.45, 2.75) is 47.3 Å². The monoisotopic (exact) mass is 419 g/mol. The van der Waals surface area contributed by atoms with E-state index in [2.05, 4.69) is 72.3 Å². The summed E-state index contributed by atoms with van der Waals surface area (Å²) in [5.74, 6) is 2.27. The first-order chi connectivity index (χ1) is 12.5. The SMILES string of the molecule is CCOc1cc(CNCCC(C)C)c(Br)cc1OCc1ccc(C)cc1. The fourth-order valence-corrected chi connectivity index (χ4v) is 3.02. The predicted octanol–water partition coefficient (Wildman–Crippen LogP) is 5.87. The van der Waals surface area contributed by atoms with Gasteiger partial charge in [-0.1, -0.05) is 59.6 Å². The number of hydrogen-bond acceptors (Lipinski definition) is 3. The Bertz CT molecular complexity index is 683. The topological polar surface area (TPSA) is 30.5 Å². The van der Waals surface area contributed by atoms with Crippen molar-refractivity contribution in [3.05, 3.63) is 57.6 Å². The van der Waals surface area contributed by atoms with Crippen molar-refractivity contribution >= 4 is 15.9 Å². The standard InChI is InChI=1S/C22H30BrNO2/c1-5-25-21-12-19(14-24-11-10-16(2)3)20(23)13-22(21)26-15-18-8-6-17(4)7-9-18/h6-9,12-13,16,24H,5,10-11,14-15H2,1-4H3. The average molecular weight is 420 g/mol. The molecule has 0 bridgehead atoms. The molecule has 2 rings (SSSR count). The van der Waals surface area contributed by atoms with Crippen LogP contribution in [0.2, 0.25) is 0 Å². The van der Waals surface area contributed by atoms with Crippen LogP contribution in [-0.4, -0.2) is 13.2 Å². The normalized spacial score (nSPS) is 11.0. The van der Waals surface area contributed by atoms with Crippen molar-refractivity contribution in [2.75, 3.05) is 13.2 Å². The van der Waals surface area contributed by atoms with Gasteiger partial charge in [-0.3, -0.25) is 0 Å². The molecule has 142 valence electrons. The summed E-state index contributed by atoms with van der Waals surface area (Å²) in [5.41, 5.74) is 3.58. The van der Waals surface area contributed by atoms with Gasteiger partial charge in [-0.15, -0.1) is 0 Å². The molecule has 0 unspecified atom stereocenters. The number of halogens is 1. The number of ether oxygens (including phenoxy) is 2. The van der Waals surface area contributed by atoms with Crippen molar-refractivity contribution in [3.63, 3.8) is 0 Å². The van der Waals surface area contributed by atoms with E-state index < -0.39 is 0 Å². The minimum atomic E-state index is 0.527. The Balaban J connectivity index is 2.05. The van der Waals surface area contributed by atoms with Crippen molar-refractivity contribution in [1.29, 1.82) is 0 Å². The molecule has 0 radical (unpaired) electrons. The lowest BCUT2D eigenvalue weighted by Crippen LogP contribution is -2.16. The number of nitrogens with one attached hydrogen (secondary N) is 1. The third-order valence-electron chi connectivity index (χ3n) is 4.14. The Labute approximate surface area is 166 Å². The number of aryl methyl sites for hydroxylation is 1. The summed E-state index contributed by atoms with van der Waals surface area (Å²) in [7, 11) is 0. The van der Waals surface area contributed by atoms with Crippen LogP contribution >= 0.6 is 15.9 Å². The van der Waals surface area contributed by atoms with E-state index in [1.54, 1.807) is 0 Å². The molecule has 3 nitrogen and oxygen atoms in total. The number of rotatable bonds is 10. The van der Waals surface area contributed by atoms with Gasteiger partial charge in [0.1, 0.15) is 6.61 Å². The molecule has 0 aliphatic heterocycles. The van der Waals surface area contributed by atoms with Gasteiger partial charge in [0.15, 0.2) is 11.5 Å². The fourth-order valence-electron chi connectivity index (χ4n) is 2.55. The van der Waals surface area contributed by atoms with Crippen molar-refractivity contribution in [3.8, 4) is 11.5 Å². The highest BCUT2D eigenvalue weighted by Crippen LogP contribution is 2.34. The molecule has 0 saturated heterocycles. The van der Waals surface area contributed by atoms with Crippen molar-refractivity contribution < 1.29 is 9.47 Å². The lowest BCUT2D eigenvalue weighted by molar-refractivity contribution is 0.269. The van der Waals surface area contributed by atoms with Crippen LogP contribution in [0.15, 0.2) is 40.9 Å².